The third-order valence-corrected chi connectivity index (χ3v) is 3.87. The second kappa shape index (κ2) is 4.34. The molecule has 0 bridgehead atoms. The maximum absolute atomic E-state index is 10.8. The Kier molecular flexibility index (Phi) is 3.17. The van der Waals surface area contributed by atoms with Crippen LogP contribution in [0.5, 0.6) is 5.75 Å². The second-order valence-electron chi connectivity index (χ2n) is 5.54. The molecule has 0 amide bonds. The molecular weight excluding hydrogens is 212 g/mol. The Morgan fingerprint density at radius 2 is 2.06 bits per heavy atom. The van der Waals surface area contributed by atoms with Crippen molar-refractivity contribution in [2.75, 3.05) is 7.11 Å². The Morgan fingerprint density at radius 1 is 1.35 bits per heavy atom. The summed E-state index contributed by atoms with van der Waals surface area (Å²) in [5, 5.41) is 10.8. The molecule has 1 saturated carbocycles. The molecule has 0 heterocycles. The van der Waals surface area contributed by atoms with Gasteiger partial charge in [0.15, 0.2) is 0 Å². The molecule has 2 heteroatoms. The highest BCUT2D eigenvalue weighted by Crippen LogP contribution is 2.46. The zero-order chi connectivity index (χ0) is 12.6. The van der Waals surface area contributed by atoms with E-state index in [1.54, 1.807) is 7.11 Å². The lowest BCUT2D eigenvalue weighted by Crippen LogP contribution is -2.24. The molecule has 2 unspecified atom stereocenters. The molecule has 1 aromatic carbocycles. The van der Waals surface area contributed by atoms with Crippen molar-refractivity contribution in [3.05, 3.63) is 28.8 Å². The molecular formula is C15H22O2. The number of aliphatic hydroxyl groups is 1. The molecule has 1 aliphatic rings. The van der Waals surface area contributed by atoms with Gasteiger partial charge in [-0.2, -0.15) is 0 Å². The summed E-state index contributed by atoms with van der Waals surface area (Å²) < 4.78 is 5.46. The van der Waals surface area contributed by atoms with Gasteiger partial charge in [-0.1, -0.05) is 13.0 Å². The minimum atomic E-state index is -0.692. The predicted octanol–water partition coefficient (Wildman–Crippen LogP) is 3.32. The van der Waals surface area contributed by atoms with E-state index in [1.807, 2.05) is 6.07 Å². The van der Waals surface area contributed by atoms with E-state index < -0.39 is 5.60 Å². The van der Waals surface area contributed by atoms with Gasteiger partial charge in [0, 0.05) is 5.56 Å². The molecule has 1 aliphatic carbocycles. The molecule has 2 atom stereocenters. The minimum absolute atomic E-state index is 0.588. The maximum atomic E-state index is 10.8. The van der Waals surface area contributed by atoms with Crippen LogP contribution in [0.3, 0.4) is 0 Å². The van der Waals surface area contributed by atoms with Crippen molar-refractivity contribution in [2.45, 2.75) is 45.6 Å². The normalized spacial score (nSPS) is 28.4. The van der Waals surface area contributed by atoms with Crippen LogP contribution in [-0.2, 0) is 5.60 Å². The van der Waals surface area contributed by atoms with Gasteiger partial charge in [-0.05, 0) is 56.2 Å². The van der Waals surface area contributed by atoms with Crippen molar-refractivity contribution >= 4 is 0 Å². The summed E-state index contributed by atoms with van der Waals surface area (Å²) in [4.78, 5) is 0. The van der Waals surface area contributed by atoms with Gasteiger partial charge in [-0.15, -0.1) is 0 Å². The number of ether oxygens (including phenoxy) is 1. The highest BCUT2D eigenvalue weighted by molar-refractivity contribution is 5.47. The number of rotatable bonds is 2. The summed E-state index contributed by atoms with van der Waals surface area (Å²) in [5.41, 5.74) is 2.62. The standard InChI is InChI=1S/C15H22O2/c1-10-5-6-15(16,9-10)14-12(3)7-11(2)8-13(14)17-4/h7-8,10,16H,5-6,9H2,1-4H3. The average molecular weight is 234 g/mol. The molecule has 2 rings (SSSR count). The van der Waals surface area contributed by atoms with Crippen LogP contribution in [-0.4, -0.2) is 12.2 Å². The Bertz CT molecular complexity index is 425. The lowest BCUT2D eigenvalue weighted by atomic mass is 9.86. The molecule has 1 aromatic rings. The molecule has 2 nitrogen and oxygen atoms in total. The minimum Gasteiger partial charge on any atom is -0.496 e. The molecule has 0 saturated heterocycles. The van der Waals surface area contributed by atoms with Gasteiger partial charge in [0.25, 0.3) is 0 Å². The number of aryl methyl sites for hydroxylation is 2. The van der Waals surface area contributed by atoms with E-state index >= 15 is 0 Å². The molecule has 0 aliphatic heterocycles. The maximum Gasteiger partial charge on any atom is 0.125 e. The number of hydrogen-bond donors (Lipinski definition) is 1. The molecule has 0 spiro atoms. The molecule has 94 valence electrons. The van der Waals surface area contributed by atoms with E-state index in [4.69, 9.17) is 4.74 Å². The van der Waals surface area contributed by atoms with E-state index in [1.165, 1.54) is 5.56 Å². The van der Waals surface area contributed by atoms with Crippen LogP contribution < -0.4 is 4.74 Å². The fourth-order valence-corrected chi connectivity index (χ4v) is 3.18. The smallest absolute Gasteiger partial charge is 0.125 e. The number of methoxy groups -OCH3 is 1. The van der Waals surface area contributed by atoms with Crippen molar-refractivity contribution in [1.82, 2.24) is 0 Å². The Hall–Kier alpha value is -1.02. The third-order valence-electron chi connectivity index (χ3n) is 3.87. The quantitative estimate of drug-likeness (QED) is 0.850. The van der Waals surface area contributed by atoms with E-state index in [2.05, 4.69) is 26.8 Å². The van der Waals surface area contributed by atoms with Gasteiger partial charge >= 0.3 is 0 Å². The largest absolute Gasteiger partial charge is 0.496 e. The van der Waals surface area contributed by atoms with Gasteiger partial charge < -0.3 is 9.84 Å². The van der Waals surface area contributed by atoms with Gasteiger partial charge in [0.1, 0.15) is 5.75 Å². The van der Waals surface area contributed by atoms with Crippen LogP contribution in [0.25, 0.3) is 0 Å². The summed E-state index contributed by atoms with van der Waals surface area (Å²) in [6.45, 7) is 6.32. The summed E-state index contributed by atoms with van der Waals surface area (Å²) in [6.07, 6.45) is 2.77. The zero-order valence-corrected chi connectivity index (χ0v) is 11.2. The van der Waals surface area contributed by atoms with Crippen molar-refractivity contribution in [2.24, 2.45) is 5.92 Å². The molecule has 0 aromatic heterocycles. The number of benzene rings is 1. The summed E-state index contributed by atoms with van der Waals surface area (Å²) in [5.74, 6) is 1.42. The fraction of sp³-hybridized carbons (Fsp3) is 0.600. The predicted molar refractivity (Wildman–Crippen MR) is 69.4 cm³/mol. The van der Waals surface area contributed by atoms with Crippen LogP contribution in [0.1, 0.15) is 42.9 Å². The zero-order valence-electron chi connectivity index (χ0n) is 11.2. The van der Waals surface area contributed by atoms with Crippen molar-refractivity contribution in [1.29, 1.82) is 0 Å². The summed E-state index contributed by atoms with van der Waals surface area (Å²) in [7, 11) is 1.68. The molecule has 1 fully saturated rings. The average Bonchev–Trinajstić information content (AvgIpc) is 2.57. The first-order valence-corrected chi connectivity index (χ1v) is 6.34. The Balaban J connectivity index is 2.51. The lowest BCUT2D eigenvalue weighted by Gasteiger charge is -2.27. The second-order valence-corrected chi connectivity index (χ2v) is 5.54. The highest BCUT2D eigenvalue weighted by Gasteiger charge is 2.39. The molecule has 0 radical (unpaired) electrons. The summed E-state index contributed by atoms with van der Waals surface area (Å²) in [6, 6.07) is 4.14. The van der Waals surface area contributed by atoms with Gasteiger partial charge in [-0.25, -0.2) is 0 Å². The van der Waals surface area contributed by atoms with E-state index in [9.17, 15) is 5.11 Å². The van der Waals surface area contributed by atoms with E-state index in [-0.39, 0.29) is 0 Å². The topological polar surface area (TPSA) is 29.5 Å². The fourth-order valence-electron chi connectivity index (χ4n) is 3.18. The van der Waals surface area contributed by atoms with Crippen LogP contribution in [0, 0.1) is 19.8 Å². The first kappa shape index (κ1) is 12.4. The van der Waals surface area contributed by atoms with Gasteiger partial charge in [-0.3, -0.25) is 0 Å². The summed E-state index contributed by atoms with van der Waals surface area (Å²) >= 11 is 0. The van der Waals surface area contributed by atoms with E-state index in [0.717, 1.165) is 36.1 Å². The SMILES string of the molecule is COc1cc(C)cc(C)c1C1(O)CCC(C)C1. The lowest BCUT2D eigenvalue weighted by molar-refractivity contribution is 0.0376. The third kappa shape index (κ3) is 2.19. The van der Waals surface area contributed by atoms with E-state index in [0.29, 0.717) is 5.92 Å². The molecule has 1 N–H and O–H groups in total. The van der Waals surface area contributed by atoms with Crippen molar-refractivity contribution in [3.63, 3.8) is 0 Å². The first-order chi connectivity index (χ1) is 7.96. The molecule has 17 heavy (non-hydrogen) atoms. The number of hydrogen-bond acceptors (Lipinski definition) is 2. The van der Waals surface area contributed by atoms with Gasteiger partial charge in [0.2, 0.25) is 0 Å². The Morgan fingerprint density at radius 3 is 2.59 bits per heavy atom. The van der Waals surface area contributed by atoms with Crippen LogP contribution >= 0.6 is 0 Å². The van der Waals surface area contributed by atoms with Crippen LogP contribution in [0.15, 0.2) is 12.1 Å². The van der Waals surface area contributed by atoms with Crippen molar-refractivity contribution in [3.8, 4) is 5.75 Å². The Labute approximate surface area is 104 Å². The van der Waals surface area contributed by atoms with Gasteiger partial charge in [0.05, 0.1) is 12.7 Å². The first-order valence-electron chi connectivity index (χ1n) is 6.34. The highest BCUT2D eigenvalue weighted by atomic mass is 16.5. The van der Waals surface area contributed by atoms with Crippen LogP contribution in [0.2, 0.25) is 0 Å². The monoisotopic (exact) mass is 234 g/mol. The van der Waals surface area contributed by atoms with Crippen molar-refractivity contribution < 1.29 is 9.84 Å². The van der Waals surface area contributed by atoms with Crippen LogP contribution in [0.4, 0.5) is 0 Å².